The first-order valence-corrected chi connectivity index (χ1v) is 5.98. The van der Waals surface area contributed by atoms with Gasteiger partial charge in [-0.05, 0) is 0 Å². The van der Waals surface area contributed by atoms with Gasteiger partial charge in [-0.25, -0.2) is 0 Å². The summed E-state index contributed by atoms with van der Waals surface area (Å²) in [5, 5.41) is 0. The molecule has 1 rings (SSSR count). The summed E-state index contributed by atoms with van der Waals surface area (Å²) in [6.07, 6.45) is 1.59. The summed E-state index contributed by atoms with van der Waals surface area (Å²) in [7, 11) is 3.15. The highest BCUT2D eigenvalue weighted by Gasteiger charge is 2.04. The molecule has 0 bridgehead atoms. The third kappa shape index (κ3) is 5.81. The van der Waals surface area contributed by atoms with Crippen LogP contribution in [0.1, 0.15) is 33.4 Å². The van der Waals surface area contributed by atoms with E-state index in [0.717, 1.165) is 5.69 Å². The molecule has 0 aromatic carbocycles. The molecule has 0 spiro atoms. The number of hydrogen-bond acceptors (Lipinski definition) is 3. The average molecular weight is 248 g/mol. The number of halogens is 1. The Hall–Kier alpha value is -0.960. The van der Waals surface area contributed by atoms with E-state index in [4.69, 9.17) is 21.1 Å². The monoisotopic (exact) mass is 247 g/mol. The number of rotatable bonds is 3. The SMILES string of the molecule is CC.CC.COc1cnc(CCl)cc1OC. The molecule has 1 aromatic heterocycles. The van der Waals surface area contributed by atoms with E-state index in [1.165, 1.54) is 0 Å². The molecule has 16 heavy (non-hydrogen) atoms. The maximum absolute atomic E-state index is 5.59. The molecule has 0 atom stereocenters. The van der Waals surface area contributed by atoms with Gasteiger partial charge in [0.2, 0.25) is 0 Å². The lowest BCUT2D eigenvalue weighted by molar-refractivity contribution is 0.353. The predicted molar refractivity (Wildman–Crippen MR) is 69.6 cm³/mol. The Labute approximate surface area is 104 Å². The maximum atomic E-state index is 5.59. The molecule has 1 aromatic rings. The van der Waals surface area contributed by atoms with Gasteiger partial charge < -0.3 is 9.47 Å². The second-order valence-corrected chi connectivity index (χ2v) is 2.43. The molecule has 0 aliphatic carbocycles. The molecule has 0 aliphatic rings. The lowest BCUT2D eigenvalue weighted by Crippen LogP contribution is -1.93. The van der Waals surface area contributed by atoms with Gasteiger partial charge in [-0.1, -0.05) is 27.7 Å². The van der Waals surface area contributed by atoms with Crippen molar-refractivity contribution >= 4 is 11.6 Å². The molecule has 3 nitrogen and oxygen atoms in total. The van der Waals surface area contributed by atoms with Crippen molar-refractivity contribution < 1.29 is 9.47 Å². The van der Waals surface area contributed by atoms with Crippen molar-refractivity contribution in [1.82, 2.24) is 4.98 Å². The molecule has 94 valence electrons. The van der Waals surface area contributed by atoms with Gasteiger partial charge in [0.1, 0.15) is 0 Å². The van der Waals surface area contributed by atoms with Gasteiger partial charge in [0.05, 0.1) is 32.0 Å². The van der Waals surface area contributed by atoms with E-state index in [2.05, 4.69) is 4.98 Å². The Bertz CT molecular complexity index is 267. The standard InChI is InChI=1S/C8H10ClNO2.2C2H6/c1-11-7-3-6(4-9)10-5-8(7)12-2;2*1-2/h3,5H,4H2,1-2H3;2*1-2H3. The molecule has 0 saturated carbocycles. The fourth-order valence-electron chi connectivity index (χ4n) is 0.851. The van der Waals surface area contributed by atoms with Crippen LogP contribution in [0.15, 0.2) is 12.3 Å². The van der Waals surface area contributed by atoms with E-state index in [1.54, 1.807) is 26.5 Å². The highest BCUT2D eigenvalue weighted by atomic mass is 35.5. The van der Waals surface area contributed by atoms with Crippen LogP contribution in [0.25, 0.3) is 0 Å². The second-order valence-electron chi connectivity index (χ2n) is 2.16. The molecular weight excluding hydrogens is 226 g/mol. The van der Waals surface area contributed by atoms with Gasteiger partial charge in [-0.15, -0.1) is 11.6 Å². The summed E-state index contributed by atoms with van der Waals surface area (Å²) in [4.78, 5) is 4.04. The largest absolute Gasteiger partial charge is 0.493 e. The van der Waals surface area contributed by atoms with Crippen LogP contribution < -0.4 is 9.47 Å². The lowest BCUT2D eigenvalue weighted by atomic mass is 10.3. The zero-order chi connectivity index (χ0) is 13.0. The van der Waals surface area contributed by atoms with Gasteiger partial charge in [0.25, 0.3) is 0 Å². The number of pyridine rings is 1. The minimum absolute atomic E-state index is 0.375. The predicted octanol–water partition coefficient (Wildman–Crippen LogP) is 3.89. The van der Waals surface area contributed by atoms with Gasteiger partial charge >= 0.3 is 0 Å². The van der Waals surface area contributed by atoms with Gasteiger partial charge in [-0.2, -0.15) is 0 Å². The number of nitrogens with zero attached hydrogens (tertiary/aromatic N) is 1. The van der Waals surface area contributed by atoms with Crippen LogP contribution in [0.4, 0.5) is 0 Å². The second kappa shape index (κ2) is 12.1. The molecule has 0 amide bonds. The van der Waals surface area contributed by atoms with Crippen molar-refractivity contribution in [3.63, 3.8) is 0 Å². The van der Waals surface area contributed by atoms with Crippen molar-refractivity contribution in [2.45, 2.75) is 33.6 Å². The van der Waals surface area contributed by atoms with Crippen molar-refractivity contribution in [3.05, 3.63) is 18.0 Å². The quantitative estimate of drug-likeness (QED) is 0.760. The molecule has 0 N–H and O–H groups in total. The van der Waals surface area contributed by atoms with Crippen LogP contribution in [0, 0.1) is 0 Å². The van der Waals surface area contributed by atoms with Gasteiger partial charge in [0, 0.05) is 6.07 Å². The highest BCUT2D eigenvalue weighted by Crippen LogP contribution is 2.26. The highest BCUT2D eigenvalue weighted by molar-refractivity contribution is 6.16. The van der Waals surface area contributed by atoms with Crippen LogP contribution in [0.5, 0.6) is 11.5 Å². The summed E-state index contributed by atoms with van der Waals surface area (Å²) in [6, 6.07) is 1.76. The average Bonchev–Trinajstić information content (AvgIpc) is 2.42. The van der Waals surface area contributed by atoms with E-state index in [1.807, 2.05) is 27.7 Å². The zero-order valence-corrected chi connectivity index (χ0v) is 11.8. The zero-order valence-electron chi connectivity index (χ0n) is 11.0. The first kappa shape index (κ1) is 17.4. The van der Waals surface area contributed by atoms with Crippen LogP contribution >= 0.6 is 11.6 Å². The maximum Gasteiger partial charge on any atom is 0.179 e. The van der Waals surface area contributed by atoms with Gasteiger partial charge in [-0.3, -0.25) is 4.98 Å². The summed E-state index contributed by atoms with van der Waals surface area (Å²) >= 11 is 5.59. The number of alkyl halides is 1. The summed E-state index contributed by atoms with van der Waals surface area (Å²) in [5.74, 6) is 1.65. The lowest BCUT2D eigenvalue weighted by Gasteiger charge is -2.06. The van der Waals surface area contributed by atoms with Crippen molar-refractivity contribution in [3.8, 4) is 11.5 Å². The van der Waals surface area contributed by atoms with Crippen molar-refractivity contribution in [2.75, 3.05) is 14.2 Å². The molecule has 0 saturated heterocycles. The minimum atomic E-state index is 0.375. The van der Waals surface area contributed by atoms with Crippen LogP contribution in [0.3, 0.4) is 0 Å². The minimum Gasteiger partial charge on any atom is -0.493 e. The van der Waals surface area contributed by atoms with E-state index in [-0.39, 0.29) is 0 Å². The first-order chi connectivity index (χ1) is 7.81. The van der Waals surface area contributed by atoms with E-state index >= 15 is 0 Å². The number of methoxy groups -OCH3 is 2. The molecule has 1 heterocycles. The first-order valence-electron chi connectivity index (χ1n) is 5.44. The fourth-order valence-corrected chi connectivity index (χ4v) is 0.997. The fraction of sp³-hybridized carbons (Fsp3) is 0.583. The summed E-state index contributed by atoms with van der Waals surface area (Å²) in [5.41, 5.74) is 0.773. The number of hydrogen-bond donors (Lipinski definition) is 0. The Morgan fingerprint density at radius 2 is 1.56 bits per heavy atom. The summed E-state index contributed by atoms with van der Waals surface area (Å²) < 4.78 is 10.1. The van der Waals surface area contributed by atoms with Crippen LogP contribution in [0.2, 0.25) is 0 Å². The molecule has 0 fully saturated rings. The Balaban J connectivity index is 0. The molecule has 0 unspecified atom stereocenters. The van der Waals surface area contributed by atoms with Crippen molar-refractivity contribution in [2.24, 2.45) is 0 Å². The van der Waals surface area contributed by atoms with Crippen molar-refractivity contribution in [1.29, 1.82) is 0 Å². The third-order valence-corrected chi connectivity index (χ3v) is 1.74. The molecule has 4 heteroatoms. The Morgan fingerprint density at radius 3 is 1.94 bits per heavy atom. The molecular formula is C12H22ClNO2. The topological polar surface area (TPSA) is 31.4 Å². The third-order valence-electron chi connectivity index (χ3n) is 1.46. The smallest absolute Gasteiger partial charge is 0.179 e. The Kier molecular flexibility index (Phi) is 13.2. The Morgan fingerprint density at radius 1 is 1.06 bits per heavy atom. The summed E-state index contributed by atoms with van der Waals surface area (Å²) in [6.45, 7) is 8.00. The van der Waals surface area contributed by atoms with E-state index in [9.17, 15) is 0 Å². The van der Waals surface area contributed by atoms with E-state index in [0.29, 0.717) is 17.4 Å². The number of ether oxygens (including phenoxy) is 2. The normalized spacial score (nSPS) is 7.94. The van der Waals surface area contributed by atoms with E-state index < -0.39 is 0 Å². The molecule has 0 aliphatic heterocycles. The molecule has 0 radical (unpaired) electrons. The van der Waals surface area contributed by atoms with Crippen LogP contribution in [-0.4, -0.2) is 19.2 Å². The number of aromatic nitrogens is 1. The van der Waals surface area contributed by atoms with Crippen LogP contribution in [-0.2, 0) is 5.88 Å². The van der Waals surface area contributed by atoms with Gasteiger partial charge in [0.15, 0.2) is 11.5 Å².